The van der Waals surface area contributed by atoms with Crippen molar-refractivity contribution in [2.45, 2.75) is 13.8 Å². The molecule has 1 heterocycles. The van der Waals surface area contributed by atoms with Crippen LogP contribution < -0.4 is 0 Å². The molecule has 156 valence electrons. The fourth-order valence-electron chi connectivity index (χ4n) is 3.22. The van der Waals surface area contributed by atoms with Crippen LogP contribution in [0.3, 0.4) is 0 Å². The molecule has 0 unspecified atom stereocenters. The van der Waals surface area contributed by atoms with Crippen molar-refractivity contribution >= 4 is 23.4 Å². The monoisotopic (exact) mass is 424 g/mol. The molecule has 0 fully saturated rings. The van der Waals surface area contributed by atoms with Gasteiger partial charge in [0.05, 0.1) is 17.8 Å². The van der Waals surface area contributed by atoms with Crippen molar-refractivity contribution in [3.63, 3.8) is 0 Å². The summed E-state index contributed by atoms with van der Waals surface area (Å²) in [4.78, 5) is 28.9. The lowest BCUT2D eigenvalue weighted by molar-refractivity contribution is -0.131. The minimum atomic E-state index is -0.261. The van der Waals surface area contributed by atoms with Crippen LogP contribution >= 0.6 is 11.6 Å². The van der Waals surface area contributed by atoms with Gasteiger partial charge in [-0.2, -0.15) is 5.10 Å². The maximum atomic E-state index is 13.3. The average molecular weight is 425 g/mol. The van der Waals surface area contributed by atoms with E-state index in [1.165, 1.54) is 4.90 Å². The van der Waals surface area contributed by atoms with Crippen molar-refractivity contribution in [1.29, 1.82) is 0 Å². The Hall–Kier alpha value is -3.12. The zero-order chi connectivity index (χ0) is 21.7. The van der Waals surface area contributed by atoms with Crippen molar-refractivity contribution in [2.24, 2.45) is 0 Å². The number of likely N-dealkylation sites (N-methyl/N-ethyl adjacent to an activating group) is 2. The molecule has 0 atom stereocenters. The second-order valence-corrected chi connectivity index (χ2v) is 7.34. The summed E-state index contributed by atoms with van der Waals surface area (Å²) in [7, 11) is 1.63. The van der Waals surface area contributed by atoms with Gasteiger partial charge in [0, 0.05) is 36.9 Å². The first-order valence-corrected chi connectivity index (χ1v) is 10.3. The van der Waals surface area contributed by atoms with Crippen LogP contribution in [-0.4, -0.2) is 58.1 Å². The normalized spacial score (nSPS) is 10.7. The summed E-state index contributed by atoms with van der Waals surface area (Å²) in [6.07, 6.45) is 1.71. The highest BCUT2D eigenvalue weighted by atomic mass is 35.5. The Balaban J connectivity index is 1.97. The van der Waals surface area contributed by atoms with E-state index in [1.807, 2.05) is 56.3 Å². The molecular weight excluding hydrogens is 400 g/mol. The van der Waals surface area contributed by atoms with Crippen LogP contribution in [0.5, 0.6) is 0 Å². The summed E-state index contributed by atoms with van der Waals surface area (Å²) in [6.45, 7) is 5.08. The fourth-order valence-corrected chi connectivity index (χ4v) is 3.35. The minimum absolute atomic E-state index is 0.0110. The predicted molar refractivity (Wildman–Crippen MR) is 119 cm³/mol. The molecule has 6 nitrogen and oxygen atoms in total. The molecule has 0 saturated carbocycles. The number of halogens is 1. The average Bonchev–Trinajstić information content (AvgIpc) is 3.20. The molecule has 7 heteroatoms. The summed E-state index contributed by atoms with van der Waals surface area (Å²) >= 11 is 6.02. The lowest BCUT2D eigenvalue weighted by atomic mass is 10.1. The van der Waals surface area contributed by atoms with Gasteiger partial charge >= 0.3 is 0 Å². The maximum absolute atomic E-state index is 13.3. The van der Waals surface area contributed by atoms with Gasteiger partial charge < -0.3 is 9.80 Å². The summed E-state index contributed by atoms with van der Waals surface area (Å²) < 4.78 is 1.68. The number of rotatable bonds is 7. The molecule has 30 heavy (non-hydrogen) atoms. The second kappa shape index (κ2) is 9.59. The number of carbonyl (C=O) groups is 2. The van der Waals surface area contributed by atoms with Gasteiger partial charge in [-0.25, -0.2) is 4.68 Å². The van der Waals surface area contributed by atoms with Gasteiger partial charge in [-0.15, -0.1) is 0 Å². The van der Waals surface area contributed by atoms with E-state index >= 15 is 0 Å². The lowest BCUT2D eigenvalue weighted by Crippen LogP contribution is -2.41. The number of aromatic nitrogens is 2. The fraction of sp³-hybridized carbons (Fsp3) is 0.261. The molecule has 3 rings (SSSR count). The van der Waals surface area contributed by atoms with Gasteiger partial charge in [-0.3, -0.25) is 9.59 Å². The summed E-state index contributed by atoms with van der Waals surface area (Å²) in [5.74, 6) is -0.345. The highest BCUT2D eigenvalue weighted by Crippen LogP contribution is 2.26. The number of amides is 2. The predicted octanol–water partition coefficient (Wildman–Crippen LogP) is 4.13. The molecule has 0 saturated heterocycles. The van der Waals surface area contributed by atoms with Crippen LogP contribution in [0.2, 0.25) is 5.02 Å². The van der Waals surface area contributed by atoms with E-state index in [-0.39, 0.29) is 18.4 Å². The van der Waals surface area contributed by atoms with E-state index in [9.17, 15) is 9.59 Å². The molecule has 0 aliphatic heterocycles. The van der Waals surface area contributed by atoms with Crippen LogP contribution in [0.4, 0.5) is 0 Å². The van der Waals surface area contributed by atoms with Crippen molar-refractivity contribution in [1.82, 2.24) is 19.6 Å². The molecule has 2 amide bonds. The van der Waals surface area contributed by atoms with Crippen LogP contribution in [0.15, 0.2) is 60.8 Å². The topological polar surface area (TPSA) is 58.4 Å². The van der Waals surface area contributed by atoms with Gasteiger partial charge in [-0.1, -0.05) is 41.9 Å². The first-order chi connectivity index (χ1) is 14.4. The van der Waals surface area contributed by atoms with E-state index in [1.54, 1.807) is 35.0 Å². The Morgan fingerprint density at radius 3 is 2.23 bits per heavy atom. The SMILES string of the molecule is CCN(CC)C(=O)CN(C)C(=O)c1cn(-c2ccccc2)nc1-c1ccc(Cl)cc1. The molecule has 2 aromatic carbocycles. The van der Waals surface area contributed by atoms with E-state index in [0.29, 0.717) is 29.4 Å². The molecule has 0 aliphatic rings. The number of nitrogens with zero attached hydrogens (tertiary/aromatic N) is 4. The van der Waals surface area contributed by atoms with Crippen molar-refractivity contribution in [3.8, 4) is 16.9 Å². The van der Waals surface area contributed by atoms with E-state index in [2.05, 4.69) is 5.10 Å². The quantitative estimate of drug-likeness (QED) is 0.573. The van der Waals surface area contributed by atoms with Crippen LogP contribution in [-0.2, 0) is 4.79 Å². The molecule has 0 N–H and O–H groups in total. The molecule has 0 bridgehead atoms. The van der Waals surface area contributed by atoms with E-state index in [0.717, 1.165) is 11.3 Å². The van der Waals surface area contributed by atoms with E-state index in [4.69, 9.17) is 11.6 Å². The molecule has 0 aliphatic carbocycles. The molecular formula is C23H25ClN4O2. The standard InChI is InChI=1S/C23H25ClN4O2/c1-4-27(5-2)21(29)16-26(3)23(30)20-15-28(19-9-7-6-8-10-19)25-22(20)17-11-13-18(24)14-12-17/h6-15H,4-5,16H2,1-3H3. The second-order valence-electron chi connectivity index (χ2n) is 6.91. The molecule has 0 spiro atoms. The zero-order valence-corrected chi connectivity index (χ0v) is 18.1. The molecule has 3 aromatic rings. The minimum Gasteiger partial charge on any atom is -0.342 e. The highest BCUT2D eigenvalue weighted by molar-refractivity contribution is 6.30. The third-order valence-corrected chi connectivity index (χ3v) is 5.17. The number of benzene rings is 2. The first-order valence-electron chi connectivity index (χ1n) is 9.88. The Kier molecular flexibility index (Phi) is 6.90. The Morgan fingerprint density at radius 1 is 1.00 bits per heavy atom. The Bertz CT molecular complexity index is 1010. The van der Waals surface area contributed by atoms with Gasteiger partial charge in [0.25, 0.3) is 5.91 Å². The first kappa shape index (κ1) is 21.6. The zero-order valence-electron chi connectivity index (χ0n) is 17.4. The third kappa shape index (κ3) is 4.71. The number of para-hydroxylation sites is 1. The summed E-state index contributed by atoms with van der Waals surface area (Å²) in [5.41, 5.74) is 2.59. The molecule has 1 aromatic heterocycles. The van der Waals surface area contributed by atoms with Gasteiger partial charge in [0.15, 0.2) is 0 Å². The molecule has 0 radical (unpaired) electrons. The van der Waals surface area contributed by atoms with Crippen LogP contribution in [0.1, 0.15) is 24.2 Å². The van der Waals surface area contributed by atoms with Gasteiger partial charge in [0.1, 0.15) is 5.69 Å². The van der Waals surface area contributed by atoms with E-state index < -0.39 is 0 Å². The number of hydrogen-bond acceptors (Lipinski definition) is 3. The Morgan fingerprint density at radius 2 is 1.63 bits per heavy atom. The van der Waals surface area contributed by atoms with Crippen molar-refractivity contribution < 1.29 is 9.59 Å². The third-order valence-electron chi connectivity index (χ3n) is 4.92. The summed E-state index contributed by atoms with van der Waals surface area (Å²) in [5, 5.41) is 5.27. The maximum Gasteiger partial charge on any atom is 0.257 e. The smallest absolute Gasteiger partial charge is 0.257 e. The highest BCUT2D eigenvalue weighted by Gasteiger charge is 2.24. The van der Waals surface area contributed by atoms with Gasteiger partial charge in [-0.05, 0) is 38.1 Å². The number of carbonyl (C=O) groups excluding carboxylic acids is 2. The van der Waals surface area contributed by atoms with Gasteiger partial charge in [0.2, 0.25) is 5.91 Å². The number of hydrogen-bond donors (Lipinski definition) is 0. The Labute approximate surface area is 181 Å². The van der Waals surface area contributed by atoms with Crippen LogP contribution in [0.25, 0.3) is 16.9 Å². The van der Waals surface area contributed by atoms with Crippen molar-refractivity contribution in [2.75, 3.05) is 26.7 Å². The lowest BCUT2D eigenvalue weighted by Gasteiger charge is -2.23. The van der Waals surface area contributed by atoms with Crippen LogP contribution in [0, 0.1) is 0 Å². The summed E-state index contributed by atoms with van der Waals surface area (Å²) in [6, 6.07) is 16.8. The largest absolute Gasteiger partial charge is 0.342 e. The van der Waals surface area contributed by atoms with Crippen molar-refractivity contribution in [3.05, 3.63) is 71.4 Å².